The van der Waals surface area contributed by atoms with Crippen molar-refractivity contribution in [3.63, 3.8) is 0 Å². The summed E-state index contributed by atoms with van der Waals surface area (Å²) in [5, 5.41) is 4.83. The van der Waals surface area contributed by atoms with Gasteiger partial charge in [-0.25, -0.2) is 4.98 Å². The van der Waals surface area contributed by atoms with Crippen LogP contribution in [0.15, 0.2) is 47.8 Å². The average molecular weight is 390 g/mol. The third-order valence-electron chi connectivity index (χ3n) is 3.71. The van der Waals surface area contributed by atoms with E-state index in [1.165, 1.54) is 35.6 Å². The number of carbonyl (C=O) groups excluding carboxylic acids is 1. The van der Waals surface area contributed by atoms with Gasteiger partial charge in [-0.2, -0.15) is 8.78 Å². The second-order valence-electron chi connectivity index (χ2n) is 5.47. The van der Waals surface area contributed by atoms with E-state index in [4.69, 9.17) is 9.47 Å². The number of amides is 1. The Hall–Kier alpha value is -3.20. The number of carbonyl (C=O) groups is 1. The summed E-state index contributed by atoms with van der Waals surface area (Å²) < 4.78 is 39.5. The molecule has 0 saturated heterocycles. The van der Waals surface area contributed by atoms with Crippen LogP contribution in [0.4, 0.5) is 13.9 Å². The summed E-state index contributed by atoms with van der Waals surface area (Å²) in [6, 6.07) is 11.0. The summed E-state index contributed by atoms with van der Waals surface area (Å²) in [5.74, 6) is 0.759. The lowest BCUT2D eigenvalue weighted by atomic mass is 10.1. The third kappa shape index (κ3) is 3.82. The third-order valence-corrected chi connectivity index (χ3v) is 4.47. The molecule has 2 aromatic carbocycles. The lowest BCUT2D eigenvalue weighted by Crippen LogP contribution is -2.12. The number of nitrogens with zero attached hydrogens (tertiary/aromatic N) is 1. The van der Waals surface area contributed by atoms with Crippen molar-refractivity contribution in [2.75, 3.05) is 12.1 Å². The first kappa shape index (κ1) is 17.2. The highest BCUT2D eigenvalue weighted by molar-refractivity contribution is 7.14. The van der Waals surface area contributed by atoms with Gasteiger partial charge in [0.05, 0.1) is 5.69 Å². The number of hydrogen-bond acceptors (Lipinski definition) is 6. The van der Waals surface area contributed by atoms with Crippen LogP contribution in [0.5, 0.6) is 17.2 Å². The van der Waals surface area contributed by atoms with Crippen LogP contribution in [-0.4, -0.2) is 24.3 Å². The minimum atomic E-state index is -2.95. The highest BCUT2D eigenvalue weighted by atomic mass is 32.1. The predicted molar refractivity (Wildman–Crippen MR) is 94.7 cm³/mol. The van der Waals surface area contributed by atoms with Crippen molar-refractivity contribution < 1.29 is 27.8 Å². The molecule has 2 heterocycles. The van der Waals surface area contributed by atoms with Crippen LogP contribution in [0.1, 0.15) is 10.4 Å². The number of alkyl halides is 2. The lowest BCUT2D eigenvalue weighted by Gasteiger charge is -2.06. The van der Waals surface area contributed by atoms with E-state index in [0.717, 1.165) is 5.56 Å². The standard InChI is InChI=1S/C18H12F2N2O4S/c19-17(20)26-12-3-1-2-11(6-12)16(23)22-18-21-13(8-27-18)10-4-5-14-15(7-10)25-9-24-14/h1-8,17H,9H2,(H,21,22,23). The number of rotatable bonds is 5. The Kier molecular flexibility index (Phi) is 4.59. The molecule has 6 nitrogen and oxygen atoms in total. The highest BCUT2D eigenvalue weighted by Gasteiger charge is 2.16. The maximum Gasteiger partial charge on any atom is 0.387 e. The lowest BCUT2D eigenvalue weighted by molar-refractivity contribution is -0.0498. The molecule has 0 spiro atoms. The van der Waals surface area contributed by atoms with Crippen molar-refractivity contribution in [3.05, 3.63) is 53.4 Å². The SMILES string of the molecule is O=C(Nc1nc(-c2ccc3c(c2)OCO3)cs1)c1cccc(OC(F)F)c1. The molecule has 0 bridgehead atoms. The number of aromatic nitrogens is 1. The molecule has 1 amide bonds. The second kappa shape index (κ2) is 7.20. The van der Waals surface area contributed by atoms with E-state index in [1.807, 2.05) is 12.1 Å². The number of nitrogens with one attached hydrogen (secondary N) is 1. The molecular weight excluding hydrogens is 378 g/mol. The smallest absolute Gasteiger partial charge is 0.387 e. The van der Waals surface area contributed by atoms with Crippen molar-refractivity contribution in [2.45, 2.75) is 6.61 Å². The summed E-state index contributed by atoms with van der Waals surface area (Å²) >= 11 is 1.25. The van der Waals surface area contributed by atoms with Crippen LogP contribution in [0.2, 0.25) is 0 Å². The Morgan fingerprint density at radius 1 is 1.19 bits per heavy atom. The van der Waals surface area contributed by atoms with Crippen molar-refractivity contribution >= 4 is 22.4 Å². The van der Waals surface area contributed by atoms with E-state index in [-0.39, 0.29) is 18.1 Å². The minimum Gasteiger partial charge on any atom is -0.454 e. The number of fused-ring (bicyclic) bond motifs is 1. The van der Waals surface area contributed by atoms with Crippen molar-refractivity contribution in [1.29, 1.82) is 0 Å². The molecular formula is C18H12F2N2O4S. The molecule has 0 aliphatic carbocycles. The molecule has 0 unspecified atom stereocenters. The first-order valence-electron chi connectivity index (χ1n) is 7.80. The first-order chi connectivity index (χ1) is 13.1. The fourth-order valence-electron chi connectivity index (χ4n) is 2.50. The summed E-state index contributed by atoms with van der Waals surface area (Å²) in [6.45, 7) is -2.77. The van der Waals surface area contributed by atoms with Gasteiger partial charge < -0.3 is 14.2 Å². The predicted octanol–water partition coefficient (Wildman–Crippen LogP) is 4.39. The second-order valence-corrected chi connectivity index (χ2v) is 6.32. The van der Waals surface area contributed by atoms with E-state index in [1.54, 1.807) is 11.4 Å². The average Bonchev–Trinajstić information content (AvgIpc) is 3.29. The van der Waals surface area contributed by atoms with E-state index in [2.05, 4.69) is 15.0 Å². The van der Waals surface area contributed by atoms with Crippen molar-refractivity contribution in [3.8, 4) is 28.5 Å². The monoisotopic (exact) mass is 390 g/mol. The summed E-state index contributed by atoms with van der Waals surface area (Å²) in [6.07, 6.45) is 0. The van der Waals surface area contributed by atoms with Gasteiger partial charge in [0.1, 0.15) is 5.75 Å². The van der Waals surface area contributed by atoms with Gasteiger partial charge in [-0.05, 0) is 36.4 Å². The zero-order valence-electron chi connectivity index (χ0n) is 13.6. The molecule has 27 heavy (non-hydrogen) atoms. The molecule has 3 aromatic rings. The molecule has 9 heteroatoms. The Morgan fingerprint density at radius 2 is 2.04 bits per heavy atom. The number of anilines is 1. The van der Waals surface area contributed by atoms with E-state index < -0.39 is 12.5 Å². The van der Waals surface area contributed by atoms with Crippen molar-refractivity contribution in [2.24, 2.45) is 0 Å². The molecule has 1 aliphatic rings. The van der Waals surface area contributed by atoms with Crippen LogP contribution in [-0.2, 0) is 0 Å². The van der Waals surface area contributed by atoms with Gasteiger partial charge in [-0.3, -0.25) is 10.1 Å². The first-order valence-corrected chi connectivity index (χ1v) is 8.68. The van der Waals surface area contributed by atoms with Crippen LogP contribution < -0.4 is 19.5 Å². The van der Waals surface area contributed by atoms with Gasteiger partial charge in [0, 0.05) is 16.5 Å². The number of hydrogen-bond donors (Lipinski definition) is 1. The van der Waals surface area contributed by atoms with Gasteiger partial charge in [-0.1, -0.05) is 6.07 Å². The zero-order chi connectivity index (χ0) is 18.8. The molecule has 1 aromatic heterocycles. The van der Waals surface area contributed by atoms with Gasteiger partial charge in [-0.15, -0.1) is 11.3 Å². The molecule has 1 N–H and O–H groups in total. The maximum absolute atomic E-state index is 12.3. The van der Waals surface area contributed by atoms with E-state index in [0.29, 0.717) is 22.3 Å². The van der Waals surface area contributed by atoms with Crippen LogP contribution in [0.25, 0.3) is 11.3 Å². The zero-order valence-corrected chi connectivity index (χ0v) is 14.5. The number of halogens is 2. The highest BCUT2D eigenvalue weighted by Crippen LogP contribution is 2.36. The van der Waals surface area contributed by atoms with Crippen LogP contribution in [0, 0.1) is 0 Å². The van der Waals surface area contributed by atoms with Gasteiger partial charge >= 0.3 is 6.61 Å². The Labute approximate surface area is 156 Å². The quantitative estimate of drug-likeness (QED) is 0.700. The van der Waals surface area contributed by atoms with E-state index >= 15 is 0 Å². The molecule has 1 aliphatic heterocycles. The van der Waals surface area contributed by atoms with Crippen LogP contribution in [0.3, 0.4) is 0 Å². The molecule has 0 atom stereocenters. The number of thiazole rings is 1. The van der Waals surface area contributed by atoms with E-state index in [9.17, 15) is 13.6 Å². The topological polar surface area (TPSA) is 69.7 Å². The van der Waals surface area contributed by atoms with Crippen LogP contribution >= 0.6 is 11.3 Å². The molecule has 4 rings (SSSR count). The molecule has 0 fully saturated rings. The summed E-state index contributed by atoms with van der Waals surface area (Å²) in [7, 11) is 0. The van der Waals surface area contributed by atoms with Gasteiger partial charge in [0.25, 0.3) is 5.91 Å². The maximum atomic E-state index is 12.3. The summed E-state index contributed by atoms with van der Waals surface area (Å²) in [5.41, 5.74) is 1.68. The van der Waals surface area contributed by atoms with Gasteiger partial charge in [0.2, 0.25) is 6.79 Å². The Balaban J connectivity index is 1.48. The fourth-order valence-corrected chi connectivity index (χ4v) is 3.22. The van der Waals surface area contributed by atoms with Gasteiger partial charge in [0.15, 0.2) is 16.6 Å². The van der Waals surface area contributed by atoms with Crippen molar-refractivity contribution in [1.82, 2.24) is 4.98 Å². The molecule has 0 radical (unpaired) electrons. The number of benzene rings is 2. The number of ether oxygens (including phenoxy) is 3. The molecule has 0 saturated carbocycles. The largest absolute Gasteiger partial charge is 0.454 e. The normalized spacial score (nSPS) is 12.3. The Bertz CT molecular complexity index is 993. The fraction of sp³-hybridized carbons (Fsp3) is 0.111. The Morgan fingerprint density at radius 3 is 2.89 bits per heavy atom. The molecule has 138 valence electrons. The minimum absolute atomic E-state index is 0.0853. The summed E-state index contributed by atoms with van der Waals surface area (Å²) in [4.78, 5) is 16.7.